The van der Waals surface area contributed by atoms with Crippen molar-refractivity contribution in [3.63, 3.8) is 0 Å². The van der Waals surface area contributed by atoms with E-state index >= 15 is 0 Å². The molecule has 2 aromatic rings. The lowest BCUT2D eigenvalue weighted by Crippen LogP contribution is -2.19. The molecule has 0 atom stereocenters. The van der Waals surface area contributed by atoms with Crippen molar-refractivity contribution in [3.8, 4) is 0 Å². The molecule has 2 aromatic carbocycles. The molecular weight excluding hydrogens is 280 g/mol. The first-order chi connectivity index (χ1) is 10.1. The van der Waals surface area contributed by atoms with Crippen LogP contribution in [-0.2, 0) is 6.54 Å². The lowest BCUT2D eigenvalue weighted by Gasteiger charge is -2.25. The lowest BCUT2D eigenvalue weighted by molar-refractivity contribution is 0.687. The van der Waals surface area contributed by atoms with Gasteiger partial charge in [0.1, 0.15) is 0 Å². The number of anilines is 2. The highest BCUT2D eigenvalue weighted by atomic mass is 35.5. The molecule has 0 unspecified atom stereocenters. The van der Waals surface area contributed by atoms with Crippen molar-refractivity contribution >= 4 is 23.0 Å². The van der Waals surface area contributed by atoms with E-state index in [2.05, 4.69) is 60.6 Å². The summed E-state index contributed by atoms with van der Waals surface area (Å²) in [4.78, 5) is 2.23. The van der Waals surface area contributed by atoms with E-state index in [1.54, 1.807) is 0 Å². The molecule has 3 heteroatoms. The molecule has 1 aliphatic rings. The molecule has 1 fully saturated rings. The van der Waals surface area contributed by atoms with Gasteiger partial charge in [-0.2, -0.15) is 0 Å². The number of para-hydroxylation sites is 1. The number of hydrogen-bond acceptors (Lipinski definition) is 2. The highest BCUT2D eigenvalue weighted by molar-refractivity contribution is 6.30. The molecule has 0 saturated heterocycles. The summed E-state index contributed by atoms with van der Waals surface area (Å²) >= 11 is 6.22. The van der Waals surface area contributed by atoms with Crippen LogP contribution in [0.3, 0.4) is 0 Å². The highest BCUT2D eigenvalue weighted by Crippen LogP contribution is 2.32. The van der Waals surface area contributed by atoms with Crippen LogP contribution in [0, 0.1) is 6.92 Å². The molecule has 1 saturated carbocycles. The number of nitrogens with zero attached hydrogens (tertiary/aromatic N) is 1. The summed E-state index contributed by atoms with van der Waals surface area (Å²) in [6.45, 7) is 3.03. The molecule has 1 aliphatic carbocycles. The second-order valence-corrected chi connectivity index (χ2v) is 6.21. The van der Waals surface area contributed by atoms with Crippen LogP contribution in [0.25, 0.3) is 0 Å². The van der Waals surface area contributed by atoms with Gasteiger partial charge in [0, 0.05) is 36.0 Å². The molecule has 0 aliphatic heterocycles. The maximum absolute atomic E-state index is 6.22. The van der Waals surface area contributed by atoms with Crippen molar-refractivity contribution in [1.82, 2.24) is 5.32 Å². The molecule has 0 heterocycles. The van der Waals surface area contributed by atoms with E-state index in [1.165, 1.54) is 35.3 Å². The summed E-state index contributed by atoms with van der Waals surface area (Å²) in [5.74, 6) is 0. The Morgan fingerprint density at radius 2 is 1.90 bits per heavy atom. The predicted molar refractivity (Wildman–Crippen MR) is 90.6 cm³/mol. The second kappa shape index (κ2) is 6.08. The number of halogens is 1. The van der Waals surface area contributed by atoms with E-state index in [9.17, 15) is 0 Å². The average Bonchev–Trinajstić information content (AvgIpc) is 3.30. The van der Waals surface area contributed by atoms with Gasteiger partial charge in [0.25, 0.3) is 0 Å². The third-order valence-electron chi connectivity index (χ3n) is 4.04. The Morgan fingerprint density at radius 3 is 2.62 bits per heavy atom. The Kier molecular flexibility index (Phi) is 4.18. The second-order valence-electron chi connectivity index (χ2n) is 5.77. The van der Waals surface area contributed by atoms with Crippen molar-refractivity contribution in [2.75, 3.05) is 11.9 Å². The molecule has 0 radical (unpaired) electrons. The van der Waals surface area contributed by atoms with Gasteiger partial charge >= 0.3 is 0 Å². The van der Waals surface area contributed by atoms with Crippen LogP contribution in [-0.4, -0.2) is 13.1 Å². The Morgan fingerprint density at radius 1 is 1.14 bits per heavy atom. The molecular formula is C18H21ClN2. The first kappa shape index (κ1) is 14.4. The van der Waals surface area contributed by atoms with Crippen LogP contribution in [0.1, 0.15) is 24.0 Å². The van der Waals surface area contributed by atoms with Crippen molar-refractivity contribution < 1.29 is 0 Å². The summed E-state index contributed by atoms with van der Waals surface area (Å²) < 4.78 is 0. The van der Waals surface area contributed by atoms with Gasteiger partial charge in [-0.3, -0.25) is 0 Å². The zero-order valence-electron chi connectivity index (χ0n) is 12.6. The molecule has 0 aromatic heterocycles. The number of benzene rings is 2. The van der Waals surface area contributed by atoms with Crippen molar-refractivity contribution in [2.24, 2.45) is 0 Å². The van der Waals surface area contributed by atoms with Crippen molar-refractivity contribution in [2.45, 2.75) is 32.4 Å². The quantitative estimate of drug-likeness (QED) is 0.863. The number of rotatable bonds is 5. The standard InChI is InChI=1S/C18H21ClN2/c1-13-5-3-4-6-17(13)21(2)18-11-15(19)8-7-14(18)12-20-16-9-10-16/h3-8,11,16,20H,9-10,12H2,1-2H3. The number of nitrogens with one attached hydrogen (secondary N) is 1. The van der Waals surface area contributed by atoms with Gasteiger partial charge in [-0.25, -0.2) is 0 Å². The number of hydrogen-bond donors (Lipinski definition) is 1. The predicted octanol–water partition coefficient (Wildman–Crippen LogP) is 4.67. The van der Waals surface area contributed by atoms with Crippen LogP contribution < -0.4 is 10.2 Å². The Hall–Kier alpha value is -1.51. The van der Waals surface area contributed by atoms with E-state index in [0.717, 1.165) is 11.6 Å². The van der Waals surface area contributed by atoms with Crippen molar-refractivity contribution in [3.05, 3.63) is 58.6 Å². The lowest BCUT2D eigenvalue weighted by atomic mass is 10.1. The third kappa shape index (κ3) is 3.39. The van der Waals surface area contributed by atoms with Crippen LogP contribution in [0.15, 0.2) is 42.5 Å². The van der Waals surface area contributed by atoms with Crippen LogP contribution in [0.2, 0.25) is 5.02 Å². The monoisotopic (exact) mass is 300 g/mol. The fraction of sp³-hybridized carbons (Fsp3) is 0.333. The van der Waals surface area contributed by atoms with Gasteiger partial charge in [0.2, 0.25) is 0 Å². The normalized spacial score (nSPS) is 14.2. The summed E-state index contributed by atoms with van der Waals surface area (Å²) in [5, 5.41) is 4.36. The molecule has 21 heavy (non-hydrogen) atoms. The van der Waals surface area contributed by atoms with E-state index in [-0.39, 0.29) is 0 Å². The van der Waals surface area contributed by atoms with Gasteiger partial charge < -0.3 is 10.2 Å². The van der Waals surface area contributed by atoms with E-state index in [0.29, 0.717) is 6.04 Å². The first-order valence-electron chi connectivity index (χ1n) is 7.46. The minimum absolute atomic E-state index is 0.706. The average molecular weight is 301 g/mol. The van der Waals surface area contributed by atoms with Crippen LogP contribution >= 0.6 is 11.6 Å². The molecule has 0 spiro atoms. The first-order valence-corrected chi connectivity index (χ1v) is 7.84. The minimum Gasteiger partial charge on any atom is -0.344 e. The zero-order valence-corrected chi connectivity index (χ0v) is 13.3. The molecule has 0 amide bonds. The summed E-state index contributed by atoms with van der Waals surface area (Å²) in [6, 6.07) is 15.3. The van der Waals surface area contributed by atoms with Gasteiger partial charge in [-0.15, -0.1) is 0 Å². The maximum Gasteiger partial charge on any atom is 0.0468 e. The Labute approximate surface area is 131 Å². The minimum atomic E-state index is 0.706. The van der Waals surface area contributed by atoms with E-state index in [4.69, 9.17) is 11.6 Å². The van der Waals surface area contributed by atoms with Gasteiger partial charge in [-0.05, 0) is 49.1 Å². The highest BCUT2D eigenvalue weighted by Gasteiger charge is 2.21. The smallest absolute Gasteiger partial charge is 0.0468 e. The fourth-order valence-corrected chi connectivity index (χ4v) is 2.78. The summed E-state index contributed by atoms with van der Waals surface area (Å²) in [6.07, 6.45) is 2.60. The topological polar surface area (TPSA) is 15.3 Å². The van der Waals surface area contributed by atoms with E-state index in [1.807, 2.05) is 6.07 Å². The van der Waals surface area contributed by atoms with Gasteiger partial charge in [0.05, 0.1) is 0 Å². The van der Waals surface area contributed by atoms with E-state index < -0.39 is 0 Å². The molecule has 110 valence electrons. The number of aryl methyl sites for hydroxylation is 1. The van der Waals surface area contributed by atoms with Crippen LogP contribution in [0.4, 0.5) is 11.4 Å². The van der Waals surface area contributed by atoms with Crippen LogP contribution in [0.5, 0.6) is 0 Å². The van der Waals surface area contributed by atoms with Gasteiger partial charge in [-0.1, -0.05) is 35.9 Å². The summed E-state index contributed by atoms with van der Waals surface area (Å²) in [5.41, 5.74) is 4.94. The largest absolute Gasteiger partial charge is 0.344 e. The summed E-state index contributed by atoms with van der Waals surface area (Å²) in [7, 11) is 2.11. The Balaban J connectivity index is 1.91. The molecule has 2 nitrogen and oxygen atoms in total. The SMILES string of the molecule is Cc1ccccc1N(C)c1cc(Cl)ccc1CNC1CC1. The molecule has 1 N–H and O–H groups in total. The fourth-order valence-electron chi connectivity index (χ4n) is 2.61. The van der Waals surface area contributed by atoms with Gasteiger partial charge in [0.15, 0.2) is 0 Å². The molecule has 0 bridgehead atoms. The zero-order chi connectivity index (χ0) is 14.8. The van der Waals surface area contributed by atoms with Crippen molar-refractivity contribution in [1.29, 1.82) is 0 Å². The maximum atomic E-state index is 6.22. The Bertz CT molecular complexity index is 635. The molecule has 3 rings (SSSR count). The third-order valence-corrected chi connectivity index (χ3v) is 4.28.